The van der Waals surface area contributed by atoms with Crippen LogP contribution in [0.2, 0.25) is 0 Å². The molecule has 1 rings (SSSR count). The van der Waals surface area contributed by atoms with Crippen LogP contribution in [0.1, 0.15) is 6.92 Å². The van der Waals surface area contributed by atoms with E-state index in [1.165, 1.54) is 0 Å². The van der Waals surface area contributed by atoms with Crippen molar-refractivity contribution in [3.63, 3.8) is 0 Å². The van der Waals surface area contributed by atoms with Crippen LogP contribution in [0.4, 0.5) is 0 Å². The van der Waals surface area contributed by atoms with Gasteiger partial charge in [-0.25, -0.2) is 0 Å². The van der Waals surface area contributed by atoms with Crippen molar-refractivity contribution in [2.45, 2.75) is 12.4 Å². The molecule has 1 aromatic carbocycles. The summed E-state index contributed by atoms with van der Waals surface area (Å²) in [5.41, 5.74) is 0.119. The fourth-order valence-electron chi connectivity index (χ4n) is 0.947. The second-order valence-corrected chi connectivity index (χ2v) is 4.44. The molecule has 0 amide bonds. The Morgan fingerprint density at radius 1 is 1.46 bits per heavy atom. The molecule has 0 spiro atoms. The van der Waals surface area contributed by atoms with E-state index in [4.69, 9.17) is 4.74 Å². The van der Waals surface area contributed by atoms with Crippen LogP contribution in [0, 0.1) is 6.07 Å². The van der Waals surface area contributed by atoms with Crippen molar-refractivity contribution in [2.75, 3.05) is 14.1 Å². The Balaban J connectivity index is 2.41. The number of benzene rings is 1. The zero-order valence-corrected chi connectivity index (χ0v) is 8.97. The summed E-state index contributed by atoms with van der Waals surface area (Å²) in [4.78, 5) is 0. The zero-order chi connectivity index (χ0) is 9.68. The van der Waals surface area contributed by atoms with Gasteiger partial charge in [0.15, 0.2) is 5.44 Å². The minimum atomic E-state index is 0.119. The number of hydrogen-bond acceptors (Lipinski definition) is 3. The molecule has 13 heavy (non-hydrogen) atoms. The summed E-state index contributed by atoms with van der Waals surface area (Å²) in [6, 6.07) is 10.6. The van der Waals surface area contributed by atoms with Gasteiger partial charge in [-0.1, -0.05) is 18.2 Å². The summed E-state index contributed by atoms with van der Waals surface area (Å²) in [6.45, 7) is 2.02. The van der Waals surface area contributed by atoms with E-state index in [9.17, 15) is 0 Å². The zero-order valence-electron chi connectivity index (χ0n) is 8.15. The van der Waals surface area contributed by atoms with Crippen molar-refractivity contribution in [1.82, 2.24) is 4.31 Å². The average Bonchev–Trinajstić information content (AvgIpc) is 2.04. The molecule has 1 unspecified atom stereocenters. The molecule has 71 valence electrons. The molecule has 3 heteroatoms. The molecule has 0 aliphatic carbocycles. The van der Waals surface area contributed by atoms with E-state index in [2.05, 4.69) is 6.07 Å². The van der Waals surface area contributed by atoms with Gasteiger partial charge in [0, 0.05) is 6.07 Å². The number of nitrogens with zero attached hydrogens (tertiary/aromatic N) is 1. The first-order valence-corrected chi connectivity index (χ1v) is 4.99. The van der Waals surface area contributed by atoms with Crippen LogP contribution in [-0.4, -0.2) is 23.8 Å². The van der Waals surface area contributed by atoms with Crippen molar-refractivity contribution in [1.29, 1.82) is 0 Å². The lowest BCUT2D eigenvalue weighted by molar-refractivity contribution is 0.303. The Kier molecular flexibility index (Phi) is 4.12. The minimum absolute atomic E-state index is 0.119. The van der Waals surface area contributed by atoms with Crippen LogP contribution in [0.5, 0.6) is 5.75 Å². The molecule has 0 aliphatic heterocycles. The largest absolute Gasteiger partial charge is 0.478 e. The Bertz CT molecular complexity index is 238. The Morgan fingerprint density at radius 3 is 2.77 bits per heavy atom. The first-order chi connectivity index (χ1) is 6.18. The van der Waals surface area contributed by atoms with E-state index in [0.29, 0.717) is 0 Å². The molecule has 0 aromatic heterocycles. The standard InChI is InChI=1S/C10H14NOS/c1-9(13-11(2)3)12-10-7-5-4-6-8-10/h4-7,9H,1-3H3. The highest BCUT2D eigenvalue weighted by Gasteiger charge is 2.05. The number of rotatable bonds is 4. The summed E-state index contributed by atoms with van der Waals surface area (Å²) in [5.74, 6) is 0.796. The summed E-state index contributed by atoms with van der Waals surface area (Å²) in [7, 11) is 4.00. The van der Waals surface area contributed by atoms with E-state index < -0.39 is 0 Å². The highest BCUT2D eigenvalue weighted by Crippen LogP contribution is 2.18. The second kappa shape index (κ2) is 5.14. The Hall–Kier alpha value is -0.670. The molecule has 2 nitrogen and oxygen atoms in total. The quantitative estimate of drug-likeness (QED) is 0.542. The molecule has 0 saturated heterocycles. The summed E-state index contributed by atoms with van der Waals surface area (Å²) in [5, 5.41) is 0. The van der Waals surface area contributed by atoms with Gasteiger partial charge in [-0.3, -0.25) is 4.31 Å². The van der Waals surface area contributed by atoms with Crippen LogP contribution in [-0.2, 0) is 0 Å². The second-order valence-electron chi connectivity index (χ2n) is 2.83. The first kappa shape index (κ1) is 10.4. The van der Waals surface area contributed by atoms with Crippen molar-refractivity contribution < 1.29 is 4.74 Å². The third-order valence-corrected chi connectivity index (χ3v) is 2.15. The topological polar surface area (TPSA) is 12.5 Å². The Morgan fingerprint density at radius 2 is 2.23 bits per heavy atom. The Labute approximate surface area is 84.0 Å². The number of ether oxygens (including phenoxy) is 1. The van der Waals surface area contributed by atoms with Gasteiger partial charge < -0.3 is 4.74 Å². The smallest absolute Gasteiger partial charge is 0.155 e. The lowest BCUT2D eigenvalue weighted by Gasteiger charge is -2.17. The molecule has 0 N–H and O–H groups in total. The van der Waals surface area contributed by atoms with E-state index in [1.54, 1.807) is 11.9 Å². The summed E-state index contributed by atoms with van der Waals surface area (Å²) >= 11 is 1.64. The van der Waals surface area contributed by atoms with Gasteiger partial charge in [-0.15, -0.1) is 0 Å². The van der Waals surface area contributed by atoms with Gasteiger partial charge in [-0.05, 0) is 39.0 Å². The maximum atomic E-state index is 5.59. The minimum Gasteiger partial charge on any atom is -0.478 e. The third kappa shape index (κ3) is 4.20. The fourth-order valence-corrected chi connectivity index (χ4v) is 1.69. The average molecular weight is 196 g/mol. The summed E-state index contributed by atoms with van der Waals surface area (Å²) < 4.78 is 7.61. The molecule has 1 atom stereocenters. The molecule has 0 saturated carbocycles. The lowest BCUT2D eigenvalue weighted by atomic mass is 10.3. The molecule has 0 heterocycles. The van der Waals surface area contributed by atoms with E-state index >= 15 is 0 Å². The van der Waals surface area contributed by atoms with E-state index in [-0.39, 0.29) is 5.44 Å². The van der Waals surface area contributed by atoms with Gasteiger partial charge >= 0.3 is 0 Å². The van der Waals surface area contributed by atoms with Gasteiger partial charge in [0.05, 0.1) is 0 Å². The van der Waals surface area contributed by atoms with Gasteiger partial charge in [-0.2, -0.15) is 0 Å². The molecular formula is C10H14NOS. The van der Waals surface area contributed by atoms with Crippen molar-refractivity contribution in [3.8, 4) is 5.75 Å². The van der Waals surface area contributed by atoms with E-state index in [1.807, 2.05) is 49.6 Å². The van der Waals surface area contributed by atoms with Gasteiger partial charge in [0.2, 0.25) is 0 Å². The molecule has 0 fully saturated rings. The maximum Gasteiger partial charge on any atom is 0.155 e. The van der Waals surface area contributed by atoms with Gasteiger partial charge in [0.1, 0.15) is 5.75 Å². The molecule has 1 radical (unpaired) electrons. The number of hydrogen-bond donors (Lipinski definition) is 0. The third-order valence-electron chi connectivity index (χ3n) is 1.33. The molecule has 1 aromatic rings. The first-order valence-electron chi connectivity index (χ1n) is 4.16. The van der Waals surface area contributed by atoms with Gasteiger partial charge in [0.25, 0.3) is 0 Å². The van der Waals surface area contributed by atoms with E-state index in [0.717, 1.165) is 5.75 Å². The predicted molar refractivity (Wildman–Crippen MR) is 56.6 cm³/mol. The highest BCUT2D eigenvalue weighted by molar-refractivity contribution is 7.97. The van der Waals surface area contributed by atoms with Crippen LogP contribution in [0.15, 0.2) is 24.3 Å². The van der Waals surface area contributed by atoms with Crippen molar-refractivity contribution in [3.05, 3.63) is 30.3 Å². The lowest BCUT2D eigenvalue weighted by Crippen LogP contribution is -2.13. The number of para-hydroxylation sites is 1. The highest BCUT2D eigenvalue weighted by atomic mass is 32.2. The van der Waals surface area contributed by atoms with Crippen LogP contribution in [0.3, 0.4) is 0 Å². The normalized spacial score (nSPS) is 12.9. The molecular weight excluding hydrogens is 182 g/mol. The summed E-state index contributed by atoms with van der Waals surface area (Å²) in [6.07, 6.45) is 0. The predicted octanol–water partition coefficient (Wildman–Crippen LogP) is 2.42. The molecule has 0 aliphatic rings. The molecule has 0 bridgehead atoms. The van der Waals surface area contributed by atoms with Crippen molar-refractivity contribution in [2.24, 2.45) is 0 Å². The van der Waals surface area contributed by atoms with Crippen LogP contribution in [0.25, 0.3) is 0 Å². The SMILES string of the molecule is CC(Oc1[c]cccc1)SN(C)C. The maximum absolute atomic E-state index is 5.59. The van der Waals surface area contributed by atoms with Crippen molar-refractivity contribution >= 4 is 11.9 Å². The van der Waals surface area contributed by atoms with Crippen LogP contribution < -0.4 is 4.74 Å². The van der Waals surface area contributed by atoms with Crippen LogP contribution >= 0.6 is 11.9 Å². The fraction of sp³-hybridized carbons (Fsp3) is 0.400. The monoisotopic (exact) mass is 196 g/mol.